The summed E-state index contributed by atoms with van der Waals surface area (Å²) in [6, 6.07) is 7.65. The second-order valence-corrected chi connectivity index (χ2v) is 6.12. The number of hydrogen-bond donors (Lipinski definition) is 1. The van der Waals surface area contributed by atoms with E-state index in [0.717, 1.165) is 9.75 Å². The van der Waals surface area contributed by atoms with E-state index in [1.54, 1.807) is 0 Å². The summed E-state index contributed by atoms with van der Waals surface area (Å²) in [6.45, 7) is 3.93. The molecule has 2 heterocycles. The van der Waals surface area contributed by atoms with Crippen LogP contribution in [0.4, 0.5) is 0 Å². The molecule has 2 aromatic rings. The van der Waals surface area contributed by atoms with Gasteiger partial charge in [0, 0.05) is 9.75 Å². The average Bonchev–Trinajstić information content (AvgIpc) is 2.88. The summed E-state index contributed by atoms with van der Waals surface area (Å²) in [5.41, 5.74) is -0.900. The molecule has 0 spiro atoms. The van der Waals surface area contributed by atoms with Crippen molar-refractivity contribution in [3.8, 4) is 0 Å². The number of aliphatic carboxylic acids is 1. The van der Waals surface area contributed by atoms with Crippen LogP contribution in [0.2, 0.25) is 0 Å². The van der Waals surface area contributed by atoms with E-state index in [1.807, 2.05) is 48.9 Å². The monoisotopic (exact) mass is 266 g/mol. The van der Waals surface area contributed by atoms with Gasteiger partial charge in [-0.05, 0) is 28.8 Å². The van der Waals surface area contributed by atoms with Crippen LogP contribution in [0.15, 0.2) is 35.0 Å². The van der Waals surface area contributed by atoms with Crippen molar-refractivity contribution in [2.45, 2.75) is 19.3 Å². The standard InChI is InChI=1S/C13H14O2S2/c1-9(2)13(12(14)15,10-5-3-7-16-10)11-6-4-8-17-11/h3-9H,1-2H3,(H,14,15). The molecule has 0 aliphatic rings. The summed E-state index contributed by atoms with van der Waals surface area (Å²) in [4.78, 5) is 13.7. The average molecular weight is 266 g/mol. The van der Waals surface area contributed by atoms with Crippen LogP contribution in [0.1, 0.15) is 23.6 Å². The van der Waals surface area contributed by atoms with Crippen molar-refractivity contribution < 1.29 is 9.90 Å². The van der Waals surface area contributed by atoms with Gasteiger partial charge in [0.25, 0.3) is 0 Å². The minimum atomic E-state index is -0.900. The molecule has 0 saturated heterocycles. The van der Waals surface area contributed by atoms with Gasteiger partial charge in [-0.1, -0.05) is 26.0 Å². The molecule has 0 aliphatic heterocycles. The lowest BCUT2D eigenvalue weighted by atomic mass is 9.74. The van der Waals surface area contributed by atoms with Crippen LogP contribution in [0, 0.1) is 5.92 Å². The van der Waals surface area contributed by atoms with E-state index in [2.05, 4.69) is 0 Å². The van der Waals surface area contributed by atoms with Crippen molar-refractivity contribution in [3.05, 3.63) is 44.8 Å². The SMILES string of the molecule is CC(C)C(C(=O)O)(c1cccs1)c1cccs1. The summed E-state index contributed by atoms with van der Waals surface area (Å²) in [5.74, 6) is -0.755. The fourth-order valence-corrected chi connectivity index (χ4v) is 4.38. The topological polar surface area (TPSA) is 37.3 Å². The fourth-order valence-electron chi connectivity index (χ4n) is 2.15. The first-order valence-electron chi connectivity index (χ1n) is 5.41. The van der Waals surface area contributed by atoms with Gasteiger partial charge in [-0.3, -0.25) is 4.79 Å². The molecule has 1 N–H and O–H groups in total. The molecule has 0 saturated carbocycles. The predicted octanol–water partition coefficient (Wildman–Crippen LogP) is 3.84. The second-order valence-electron chi connectivity index (χ2n) is 4.22. The first-order chi connectivity index (χ1) is 8.10. The molecule has 0 amide bonds. The van der Waals surface area contributed by atoms with Gasteiger partial charge in [-0.15, -0.1) is 22.7 Å². The minimum Gasteiger partial charge on any atom is -0.480 e. The third-order valence-corrected chi connectivity index (χ3v) is 5.03. The van der Waals surface area contributed by atoms with Crippen molar-refractivity contribution in [2.24, 2.45) is 5.92 Å². The highest BCUT2D eigenvalue weighted by atomic mass is 32.1. The zero-order valence-corrected chi connectivity index (χ0v) is 11.3. The van der Waals surface area contributed by atoms with Crippen molar-refractivity contribution >= 4 is 28.6 Å². The van der Waals surface area contributed by atoms with Crippen LogP contribution in [0.25, 0.3) is 0 Å². The normalized spacial score (nSPS) is 11.9. The zero-order valence-electron chi connectivity index (χ0n) is 9.71. The van der Waals surface area contributed by atoms with E-state index in [-0.39, 0.29) is 5.92 Å². The Bertz CT molecular complexity index is 449. The number of hydrogen-bond acceptors (Lipinski definition) is 3. The van der Waals surface area contributed by atoms with Gasteiger partial charge in [-0.2, -0.15) is 0 Å². The molecule has 2 nitrogen and oxygen atoms in total. The van der Waals surface area contributed by atoms with Crippen LogP contribution >= 0.6 is 22.7 Å². The first-order valence-corrected chi connectivity index (χ1v) is 7.17. The van der Waals surface area contributed by atoms with Crippen molar-refractivity contribution in [1.29, 1.82) is 0 Å². The van der Waals surface area contributed by atoms with Crippen LogP contribution < -0.4 is 0 Å². The Morgan fingerprint density at radius 1 is 1.18 bits per heavy atom. The zero-order chi connectivity index (χ0) is 12.5. The van der Waals surface area contributed by atoms with Gasteiger partial charge in [0.1, 0.15) is 5.41 Å². The molecule has 0 aromatic carbocycles. The van der Waals surface area contributed by atoms with E-state index in [9.17, 15) is 9.90 Å². The van der Waals surface area contributed by atoms with Crippen LogP contribution in [0.5, 0.6) is 0 Å². The number of carbonyl (C=O) groups is 1. The Morgan fingerprint density at radius 3 is 1.88 bits per heavy atom. The summed E-state index contributed by atoms with van der Waals surface area (Å²) in [5, 5.41) is 13.6. The van der Waals surface area contributed by atoms with Gasteiger partial charge >= 0.3 is 5.97 Å². The third kappa shape index (κ3) is 1.81. The number of carboxylic acids is 1. The Kier molecular flexibility index (Phi) is 3.35. The molecule has 0 fully saturated rings. The van der Waals surface area contributed by atoms with E-state index in [1.165, 1.54) is 22.7 Å². The lowest BCUT2D eigenvalue weighted by molar-refractivity contribution is -0.143. The Balaban J connectivity index is 2.68. The smallest absolute Gasteiger partial charge is 0.320 e. The number of carboxylic acid groups (broad SMARTS) is 1. The van der Waals surface area contributed by atoms with Crippen LogP contribution in [-0.2, 0) is 10.2 Å². The Labute approximate surface area is 109 Å². The van der Waals surface area contributed by atoms with Gasteiger partial charge in [-0.25, -0.2) is 0 Å². The highest BCUT2D eigenvalue weighted by Crippen LogP contribution is 2.43. The summed E-state index contributed by atoms with van der Waals surface area (Å²) in [7, 11) is 0. The molecule has 0 unspecified atom stereocenters. The summed E-state index contributed by atoms with van der Waals surface area (Å²) in [6.07, 6.45) is 0. The van der Waals surface area contributed by atoms with E-state index < -0.39 is 11.4 Å². The fraction of sp³-hybridized carbons (Fsp3) is 0.308. The molecular formula is C13H14O2S2. The van der Waals surface area contributed by atoms with Gasteiger partial charge in [0.05, 0.1) is 0 Å². The predicted molar refractivity (Wildman–Crippen MR) is 71.9 cm³/mol. The van der Waals surface area contributed by atoms with Gasteiger partial charge < -0.3 is 5.11 Å². The molecule has 2 aromatic heterocycles. The van der Waals surface area contributed by atoms with Crippen LogP contribution in [-0.4, -0.2) is 11.1 Å². The highest BCUT2D eigenvalue weighted by Gasteiger charge is 2.46. The summed E-state index contributed by atoms with van der Waals surface area (Å²) >= 11 is 3.02. The quantitative estimate of drug-likeness (QED) is 0.913. The Hall–Kier alpha value is -1.13. The molecule has 17 heavy (non-hydrogen) atoms. The maximum atomic E-state index is 11.9. The molecule has 4 heteroatoms. The van der Waals surface area contributed by atoms with E-state index in [0.29, 0.717) is 0 Å². The highest BCUT2D eigenvalue weighted by molar-refractivity contribution is 7.12. The number of thiophene rings is 2. The first kappa shape index (κ1) is 12.3. The summed E-state index contributed by atoms with van der Waals surface area (Å²) < 4.78 is 0. The van der Waals surface area contributed by atoms with Gasteiger partial charge in [0.2, 0.25) is 0 Å². The molecule has 0 atom stereocenters. The molecule has 0 aliphatic carbocycles. The van der Waals surface area contributed by atoms with E-state index >= 15 is 0 Å². The molecule has 0 radical (unpaired) electrons. The molecule has 90 valence electrons. The second kappa shape index (κ2) is 4.63. The lowest BCUT2D eigenvalue weighted by Gasteiger charge is -2.31. The molecule has 0 bridgehead atoms. The third-order valence-electron chi connectivity index (χ3n) is 3.02. The van der Waals surface area contributed by atoms with Crippen molar-refractivity contribution in [3.63, 3.8) is 0 Å². The van der Waals surface area contributed by atoms with Crippen LogP contribution in [0.3, 0.4) is 0 Å². The van der Waals surface area contributed by atoms with Gasteiger partial charge in [0.15, 0.2) is 0 Å². The van der Waals surface area contributed by atoms with E-state index in [4.69, 9.17) is 0 Å². The van der Waals surface area contributed by atoms with Crippen molar-refractivity contribution in [2.75, 3.05) is 0 Å². The lowest BCUT2D eigenvalue weighted by Crippen LogP contribution is -2.40. The van der Waals surface area contributed by atoms with Crippen molar-refractivity contribution in [1.82, 2.24) is 0 Å². The largest absolute Gasteiger partial charge is 0.480 e. The maximum absolute atomic E-state index is 11.9. The molecule has 2 rings (SSSR count). The number of rotatable bonds is 4. The minimum absolute atomic E-state index is 0.0114. The Morgan fingerprint density at radius 2 is 1.65 bits per heavy atom. The molecular weight excluding hydrogens is 252 g/mol. The maximum Gasteiger partial charge on any atom is 0.320 e.